The van der Waals surface area contributed by atoms with E-state index in [1.165, 1.54) is 17.0 Å². The summed E-state index contributed by atoms with van der Waals surface area (Å²) in [6.07, 6.45) is 1.64. The first-order valence-electron chi connectivity index (χ1n) is 7.44. The highest BCUT2D eigenvalue weighted by Crippen LogP contribution is 2.31. The Kier molecular flexibility index (Phi) is 4.57. The van der Waals surface area contributed by atoms with Gasteiger partial charge in [-0.05, 0) is 55.0 Å². The normalized spacial score (nSPS) is 15.8. The summed E-state index contributed by atoms with van der Waals surface area (Å²) >= 11 is 5.30. The minimum Gasteiger partial charge on any atom is -0.492 e. The molecule has 1 fully saturated rings. The van der Waals surface area contributed by atoms with Crippen molar-refractivity contribution in [1.82, 2.24) is 5.32 Å². The van der Waals surface area contributed by atoms with Crippen LogP contribution in [0.3, 0.4) is 0 Å². The van der Waals surface area contributed by atoms with Crippen molar-refractivity contribution >= 4 is 35.0 Å². The summed E-state index contributed by atoms with van der Waals surface area (Å²) in [5.74, 6) is -0.0253. The number of halogens is 1. The fourth-order valence-electron chi connectivity index (χ4n) is 2.40. The molecule has 1 saturated heterocycles. The second kappa shape index (κ2) is 6.80. The number of thiocarbonyl (C=S) groups is 1. The molecule has 1 aliphatic heterocycles. The molecular formula is C18H15FN2O2S. The Morgan fingerprint density at radius 1 is 1.21 bits per heavy atom. The van der Waals surface area contributed by atoms with Gasteiger partial charge in [-0.3, -0.25) is 4.79 Å². The molecule has 3 rings (SSSR count). The van der Waals surface area contributed by atoms with Crippen molar-refractivity contribution < 1.29 is 13.9 Å². The number of anilines is 1. The van der Waals surface area contributed by atoms with Crippen molar-refractivity contribution in [2.75, 3.05) is 11.5 Å². The van der Waals surface area contributed by atoms with Crippen LogP contribution in [0.5, 0.6) is 5.75 Å². The predicted octanol–water partition coefficient (Wildman–Crippen LogP) is 3.49. The van der Waals surface area contributed by atoms with Gasteiger partial charge in [-0.25, -0.2) is 9.29 Å². The third kappa shape index (κ3) is 3.14. The Labute approximate surface area is 144 Å². The molecule has 0 saturated carbocycles. The van der Waals surface area contributed by atoms with E-state index in [0.29, 0.717) is 29.3 Å². The van der Waals surface area contributed by atoms with E-state index < -0.39 is 0 Å². The van der Waals surface area contributed by atoms with Crippen molar-refractivity contribution in [3.63, 3.8) is 0 Å². The highest BCUT2D eigenvalue weighted by Gasteiger charge is 2.33. The lowest BCUT2D eigenvalue weighted by atomic mass is 10.2. The minimum atomic E-state index is -0.328. The van der Waals surface area contributed by atoms with Gasteiger partial charge in [-0.1, -0.05) is 24.3 Å². The van der Waals surface area contributed by atoms with Gasteiger partial charge in [0.1, 0.15) is 17.3 Å². The number of nitrogens with one attached hydrogen (secondary N) is 1. The van der Waals surface area contributed by atoms with Crippen LogP contribution in [0, 0.1) is 5.82 Å². The summed E-state index contributed by atoms with van der Waals surface area (Å²) in [6, 6.07) is 13.1. The Hall–Kier alpha value is -2.73. The highest BCUT2D eigenvalue weighted by molar-refractivity contribution is 7.80. The zero-order valence-corrected chi connectivity index (χ0v) is 13.8. The average Bonchev–Trinajstić information content (AvgIpc) is 2.85. The lowest BCUT2D eigenvalue weighted by Crippen LogP contribution is -2.30. The molecule has 0 spiro atoms. The SMILES string of the molecule is CCOc1ccccc1N1C(=O)/C(=C\c2ccc(F)cc2)NC1=S. The zero-order valence-electron chi connectivity index (χ0n) is 13.0. The zero-order chi connectivity index (χ0) is 17.1. The number of hydrogen-bond acceptors (Lipinski definition) is 3. The van der Waals surface area contributed by atoms with E-state index in [1.807, 2.05) is 19.1 Å². The fourth-order valence-corrected chi connectivity index (χ4v) is 2.69. The summed E-state index contributed by atoms with van der Waals surface area (Å²) in [7, 11) is 0. The first kappa shape index (κ1) is 16.1. The molecule has 1 amide bonds. The van der Waals surface area contributed by atoms with E-state index >= 15 is 0 Å². The van der Waals surface area contributed by atoms with Gasteiger partial charge < -0.3 is 10.1 Å². The molecule has 1 aliphatic rings. The first-order valence-corrected chi connectivity index (χ1v) is 7.85. The van der Waals surface area contributed by atoms with Gasteiger partial charge in [0.25, 0.3) is 5.91 Å². The van der Waals surface area contributed by atoms with Crippen molar-refractivity contribution in [3.8, 4) is 5.75 Å². The average molecular weight is 342 g/mol. The number of carbonyl (C=O) groups is 1. The molecule has 6 heteroatoms. The largest absolute Gasteiger partial charge is 0.492 e. The van der Waals surface area contributed by atoms with E-state index in [9.17, 15) is 9.18 Å². The summed E-state index contributed by atoms with van der Waals surface area (Å²) in [6.45, 7) is 2.36. The Morgan fingerprint density at radius 2 is 1.92 bits per heavy atom. The van der Waals surface area contributed by atoms with Crippen LogP contribution in [-0.2, 0) is 4.79 Å². The van der Waals surface area contributed by atoms with Crippen LogP contribution in [0.2, 0.25) is 0 Å². The van der Waals surface area contributed by atoms with Gasteiger partial charge in [-0.2, -0.15) is 0 Å². The maximum atomic E-state index is 13.0. The van der Waals surface area contributed by atoms with Crippen molar-refractivity contribution in [2.45, 2.75) is 6.92 Å². The van der Waals surface area contributed by atoms with Crippen LogP contribution in [0.4, 0.5) is 10.1 Å². The molecule has 1 heterocycles. The Balaban J connectivity index is 1.94. The molecule has 1 N–H and O–H groups in total. The number of carbonyl (C=O) groups excluding carboxylic acids is 1. The Bertz CT molecular complexity index is 818. The predicted molar refractivity (Wildman–Crippen MR) is 95.2 cm³/mol. The number of amides is 1. The number of nitrogens with zero attached hydrogens (tertiary/aromatic N) is 1. The molecule has 2 aromatic rings. The van der Waals surface area contributed by atoms with Crippen molar-refractivity contribution in [1.29, 1.82) is 0 Å². The van der Waals surface area contributed by atoms with E-state index in [4.69, 9.17) is 17.0 Å². The first-order chi connectivity index (χ1) is 11.6. The molecule has 0 atom stereocenters. The number of benzene rings is 2. The smallest absolute Gasteiger partial charge is 0.281 e. The number of para-hydroxylation sites is 2. The second-order valence-electron chi connectivity index (χ2n) is 5.08. The van der Waals surface area contributed by atoms with Crippen molar-refractivity contribution in [3.05, 3.63) is 65.6 Å². The number of hydrogen-bond donors (Lipinski definition) is 1. The molecule has 2 aromatic carbocycles. The number of rotatable bonds is 4. The monoisotopic (exact) mass is 342 g/mol. The molecule has 0 aliphatic carbocycles. The standard InChI is InChI=1S/C18H15FN2O2S/c1-2-23-16-6-4-3-5-15(16)21-17(22)14(20-18(21)24)11-12-7-9-13(19)10-8-12/h3-11H,2H2,1H3,(H,20,24)/b14-11+. The maximum absolute atomic E-state index is 13.0. The topological polar surface area (TPSA) is 41.6 Å². The van der Waals surface area contributed by atoms with E-state index in [2.05, 4.69) is 5.32 Å². The molecule has 0 unspecified atom stereocenters. The molecule has 24 heavy (non-hydrogen) atoms. The van der Waals surface area contributed by atoms with Gasteiger partial charge >= 0.3 is 0 Å². The van der Waals surface area contributed by atoms with Crippen molar-refractivity contribution in [2.24, 2.45) is 0 Å². The third-order valence-electron chi connectivity index (χ3n) is 3.47. The summed E-state index contributed by atoms with van der Waals surface area (Å²) in [5.41, 5.74) is 1.62. The lowest BCUT2D eigenvalue weighted by Gasteiger charge is -2.17. The van der Waals surface area contributed by atoms with E-state index in [1.54, 1.807) is 30.3 Å². The summed E-state index contributed by atoms with van der Waals surface area (Å²) in [4.78, 5) is 14.1. The molecule has 0 radical (unpaired) electrons. The second-order valence-corrected chi connectivity index (χ2v) is 5.47. The highest BCUT2D eigenvalue weighted by atomic mass is 32.1. The van der Waals surface area contributed by atoms with Gasteiger partial charge in [0.05, 0.1) is 12.3 Å². The van der Waals surface area contributed by atoms with Crippen LogP contribution in [0.1, 0.15) is 12.5 Å². The molecule has 0 aromatic heterocycles. The minimum absolute atomic E-state index is 0.278. The molecular weight excluding hydrogens is 327 g/mol. The van der Waals surface area contributed by atoms with Crippen LogP contribution >= 0.6 is 12.2 Å². The van der Waals surface area contributed by atoms with Crippen LogP contribution in [-0.4, -0.2) is 17.6 Å². The van der Waals surface area contributed by atoms with E-state index in [-0.39, 0.29) is 16.8 Å². The van der Waals surface area contributed by atoms with Gasteiger partial charge in [0.15, 0.2) is 5.11 Å². The van der Waals surface area contributed by atoms with Crippen LogP contribution in [0.25, 0.3) is 6.08 Å². The Morgan fingerprint density at radius 3 is 2.62 bits per heavy atom. The quantitative estimate of drug-likeness (QED) is 0.682. The van der Waals surface area contributed by atoms with E-state index in [0.717, 1.165) is 0 Å². The number of ether oxygens (including phenoxy) is 1. The van der Waals surface area contributed by atoms with Crippen LogP contribution < -0.4 is 15.0 Å². The maximum Gasteiger partial charge on any atom is 0.281 e. The molecule has 0 bridgehead atoms. The lowest BCUT2D eigenvalue weighted by molar-refractivity contribution is -0.113. The third-order valence-corrected chi connectivity index (χ3v) is 3.75. The summed E-state index contributed by atoms with van der Waals surface area (Å²) in [5, 5.41) is 3.18. The molecule has 4 nitrogen and oxygen atoms in total. The van der Waals surface area contributed by atoms with Gasteiger partial charge in [-0.15, -0.1) is 0 Å². The van der Waals surface area contributed by atoms with Gasteiger partial charge in [0.2, 0.25) is 0 Å². The fraction of sp³-hybridized carbons (Fsp3) is 0.111. The summed E-state index contributed by atoms with van der Waals surface area (Å²) < 4.78 is 18.6. The molecule has 122 valence electrons. The van der Waals surface area contributed by atoms with Gasteiger partial charge in [0, 0.05) is 0 Å². The van der Waals surface area contributed by atoms with Crippen LogP contribution in [0.15, 0.2) is 54.2 Å².